The van der Waals surface area contributed by atoms with Crippen molar-refractivity contribution in [2.45, 2.75) is 26.4 Å². The van der Waals surface area contributed by atoms with Gasteiger partial charge in [0.05, 0.1) is 24.0 Å². The molecule has 1 aliphatic rings. The van der Waals surface area contributed by atoms with Crippen LogP contribution in [0.5, 0.6) is 11.5 Å². The highest BCUT2D eigenvalue weighted by atomic mass is 16.7. The maximum absolute atomic E-state index is 13.0. The first-order valence-corrected chi connectivity index (χ1v) is 9.38. The van der Waals surface area contributed by atoms with Crippen molar-refractivity contribution in [3.8, 4) is 11.5 Å². The SMILES string of the molecule is CCc1c(C(=O)N(C)Cc2ccc3c(c2)OCO3)cnn1Cc1ccccc1. The van der Waals surface area contributed by atoms with Crippen molar-refractivity contribution < 1.29 is 14.3 Å². The van der Waals surface area contributed by atoms with Crippen molar-refractivity contribution in [1.29, 1.82) is 0 Å². The highest BCUT2D eigenvalue weighted by molar-refractivity contribution is 5.95. The molecule has 1 aromatic heterocycles. The van der Waals surface area contributed by atoms with Gasteiger partial charge in [0.15, 0.2) is 11.5 Å². The maximum atomic E-state index is 13.0. The van der Waals surface area contributed by atoms with Crippen LogP contribution in [0, 0.1) is 0 Å². The van der Waals surface area contributed by atoms with E-state index in [0.29, 0.717) is 18.7 Å². The van der Waals surface area contributed by atoms with E-state index in [0.717, 1.165) is 34.7 Å². The van der Waals surface area contributed by atoms with Crippen molar-refractivity contribution in [1.82, 2.24) is 14.7 Å². The van der Waals surface area contributed by atoms with Crippen molar-refractivity contribution in [2.75, 3.05) is 13.8 Å². The summed E-state index contributed by atoms with van der Waals surface area (Å²) >= 11 is 0. The van der Waals surface area contributed by atoms with Crippen LogP contribution >= 0.6 is 0 Å². The molecule has 3 aromatic rings. The van der Waals surface area contributed by atoms with Gasteiger partial charge < -0.3 is 14.4 Å². The Kier molecular flexibility index (Phi) is 5.02. The topological polar surface area (TPSA) is 56.6 Å². The molecule has 0 spiro atoms. The molecule has 0 aliphatic carbocycles. The zero-order valence-electron chi connectivity index (χ0n) is 16.1. The van der Waals surface area contributed by atoms with Crippen LogP contribution < -0.4 is 9.47 Å². The minimum absolute atomic E-state index is 0.0335. The van der Waals surface area contributed by atoms with Crippen LogP contribution in [-0.2, 0) is 19.5 Å². The van der Waals surface area contributed by atoms with Crippen LogP contribution in [0.1, 0.15) is 34.1 Å². The lowest BCUT2D eigenvalue weighted by Gasteiger charge is -2.18. The van der Waals surface area contributed by atoms with E-state index >= 15 is 0 Å². The molecule has 2 aromatic carbocycles. The summed E-state index contributed by atoms with van der Waals surface area (Å²) in [6.45, 7) is 3.44. The highest BCUT2D eigenvalue weighted by Crippen LogP contribution is 2.32. The average molecular weight is 377 g/mol. The molecular weight excluding hydrogens is 354 g/mol. The Labute approximate surface area is 164 Å². The van der Waals surface area contributed by atoms with Gasteiger partial charge in [-0.2, -0.15) is 5.10 Å². The fourth-order valence-electron chi connectivity index (χ4n) is 3.45. The highest BCUT2D eigenvalue weighted by Gasteiger charge is 2.21. The molecule has 0 unspecified atom stereocenters. The van der Waals surface area contributed by atoms with Gasteiger partial charge in [-0.15, -0.1) is 0 Å². The van der Waals surface area contributed by atoms with E-state index in [1.807, 2.05) is 48.0 Å². The Hall–Kier alpha value is -3.28. The van der Waals surface area contributed by atoms with Crippen LogP contribution in [0.4, 0.5) is 0 Å². The van der Waals surface area contributed by atoms with Gasteiger partial charge in [0, 0.05) is 13.6 Å². The molecule has 0 bridgehead atoms. The summed E-state index contributed by atoms with van der Waals surface area (Å²) in [5.41, 5.74) is 3.76. The van der Waals surface area contributed by atoms with Crippen molar-refractivity contribution in [3.63, 3.8) is 0 Å². The molecular formula is C22H23N3O3. The third-order valence-electron chi connectivity index (χ3n) is 4.89. The van der Waals surface area contributed by atoms with Gasteiger partial charge in [0.25, 0.3) is 5.91 Å². The largest absolute Gasteiger partial charge is 0.454 e. The number of carbonyl (C=O) groups excluding carboxylic acids is 1. The number of aromatic nitrogens is 2. The summed E-state index contributed by atoms with van der Waals surface area (Å²) in [4.78, 5) is 14.8. The number of amides is 1. The lowest BCUT2D eigenvalue weighted by molar-refractivity contribution is 0.0783. The minimum atomic E-state index is -0.0335. The van der Waals surface area contributed by atoms with Gasteiger partial charge in [0.2, 0.25) is 6.79 Å². The van der Waals surface area contributed by atoms with E-state index in [1.165, 1.54) is 0 Å². The second-order valence-corrected chi connectivity index (χ2v) is 6.85. The Balaban J connectivity index is 1.51. The smallest absolute Gasteiger partial charge is 0.257 e. The first-order chi connectivity index (χ1) is 13.7. The first kappa shape index (κ1) is 18.1. The predicted octanol–water partition coefficient (Wildman–Crippen LogP) is 3.49. The Morgan fingerprint density at radius 2 is 1.89 bits per heavy atom. The Bertz CT molecular complexity index is 982. The molecule has 1 aliphatic heterocycles. The quantitative estimate of drug-likeness (QED) is 0.660. The zero-order valence-corrected chi connectivity index (χ0v) is 16.1. The van der Waals surface area contributed by atoms with E-state index in [1.54, 1.807) is 18.1 Å². The molecule has 2 heterocycles. The molecule has 6 nitrogen and oxygen atoms in total. The standard InChI is InChI=1S/C22H23N3O3/c1-3-19-18(12-23-25(19)14-16-7-5-4-6-8-16)22(26)24(2)13-17-9-10-20-21(11-17)28-15-27-20/h4-12H,3,13-15H2,1-2H3. The number of hydrogen-bond acceptors (Lipinski definition) is 4. The van der Waals surface area contributed by atoms with Crippen LogP contribution in [0.15, 0.2) is 54.7 Å². The monoisotopic (exact) mass is 377 g/mol. The molecule has 6 heteroatoms. The lowest BCUT2D eigenvalue weighted by Crippen LogP contribution is -2.27. The van der Waals surface area contributed by atoms with Gasteiger partial charge in [0.1, 0.15) is 0 Å². The van der Waals surface area contributed by atoms with Crippen molar-refractivity contribution in [3.05, 3.63) is 77.1 Å². The number of rotatable bonds is 6. The predicted molar refractivity (Wildman–Crippen MR) is 106 cm³/mol. The molecule has 1 amide bonds. The number of hydrogen-bond donors (Lipinski definition) is 0. The van der Waals surface area contributed by atoms with Gasteiger partial charge in [-0.25, -0.2) is 0 Å². The van der Waals surface area contributed by atoms with Gasteiger partial charge >= 0.3 is 0 Å². The van der Waals surface area contributed by atoms with Crippen LogP contribution in [-0.4, -0.2) is 34.4 Å². The van der Waals surface area contributed by atoms with E-state index in [4.69, 9.17) is 9.47 Å². The average Bonchev–Trinajstić information content (AvgIpc) is 3.34. The lowest BCUT2D eigenvalue weighted by atomic mass is 10.1. The minimum Gasteiger partial charge on any atom is -0.454 e. The molecule has 4 rings (SSSR count). The van der Waals surface area contributed by atoms with Gasteiger partial charge in [-0.1, -0.05) is 43.3 Å². The van der Waals surface area contributed by atoms with Gasteiger partial charge in [-0.3, -0.25) is 9.48 Å². The zero-order chi connectivity index (χ0) is 19.5. The molecule has 0 saturated carbocycles. The van der Waals surface area contributed by atoms with E-state index in [-0.39, 0.29) is 12.7 Å². The summed E-state index contributed by atoms with van der Waals surface area (Å²) in [6, 6.07) is 15.9. The first-order valence-electron chi connectivity index (χ1n) is 9.38. The molecule has 144 valence electrons. The summed E-state index contributed by atoms with van der Waals surface area (Å²) in [7, 11) is 1.81. The number of carbonyl (C=O) groups is 1. The number of nitrogens with zero attached hydrogens (tertiary/aromatic N) is 3. The molecule has 0 fully saturated rings. The molecule has 0 atom stereocenters. The van der Waals surface area contributed by atoms with Crippen LogP contribution in [0.2, 0.25) is 0 Å². The normalized spacial score (nSPS) is 12.2. The van der Waals surface area contributed by atoms with E-state index in [2.05, 4.69) is 17.2 Å². The molecule has 0 saturated heterocycles. The Morgan fingerprint density at radius 3 is 2.68 bits per heavy atom. The summed E-state index contributed by atoms with van der Waals surface area (Å²) < 4.78 is 12.7. The molecule has 28 heavy (non-hydrogen) atoms. The second-order valence-electron chi connectivity index (χ2n) is 6.85. The maximum Gasteiger partial charge on any atom is 0.257 e. The van der Waals surface area contributed by atoms with Crippen LogP contribution in [0.3, 0.4) is 0 Å². The number of ether oxygens (including phenoxy) is 2. The summed E-state index contributed by atoms with van der Waals surface area (Å²) in [5.74, 6) is 1.44. The molecule has 0 radical (unpaired) electrons. The van der Waals surface area contributed by atoms with Crippen molar-refractivity contribution in [2.24, 2.45) is 0 Å². The molecule has 0 N–H and O–H groups in total. The fraction of sp³-hybridized carbons (Fsp3) is 0.273. The van der Waals surface area contributed by atoms with Crippen LogP contribution in [0.25, 0.3) is 0 Å². The fourth-order valence-corrected chi connectivity index (χ4v) is 3.45. The van der Waals surface area contributed by atoms with Gasteiger partial charge in [-0.05, 0) is 29.7 Å². The third-order valence-corrected chi connectivity index (χ3v) is 4.89. The number of fused-ring (bicyclic) bond motifs is 1. The second kappa shape index (κ2) is 7.76. The van der Waals surface area contributed by atoms with E-state index < -0.39 is 0 Å². The third kappa shape index (κ3) is 3.58. The van der Waals surface area contributed by atoms with E-state index in [9.17, 15) is 4.79 Å². The number of benzene rings is 2. The summed E-state index contributed by atoms with van der Waals surface area (Å²) in [5, 5.41) is 4.47. The van der Waals surface area contributed by atoms with Crippen molar-refractivity contribution >= 4 is 5.91 Å². The Morgan fingerprint density at radius 1 is 1.11 bits per heavy atom. The summed E-state index contributed by atoms with van der Waals surface area (Å²) in [6.07, 6.45) is 2.42.